The number of carbonyl (C=O) groups is 3. The van der Waals surface area contributed by atoms with Crippen LogP contribution in [0.5, 0.6) is 0 Å². The lowest BCUT2D eigenvalue weighted by molar-refractivity contribution is -0.181. The molecule has 0 radical (unpaired) electrons. The van der Waals surface area contributed by atoms with Crippen molar-refractivity contribution >= 4 is 29.6 Å². The van der Waals surface area contributed by atoms with Gasteiger partial charge >= 0.3 is 24.2 Å². The normalized spacial score (nSPS) is 29.1. The van der Waals surface area contributed by atoms with Crippen LogP contribution >= 0.6 is 11.6 Å². The van der Waals surface area contributed by atoms with Gasteiger partial charge in [0.15, 0.2) is 0 Å². The highest BCUT2D eigenvalue weighted by Crippen LogP contribution is 2.61. The molecule has 1 fully saturated rings. The van der Waals surface area contributed by atoms with E-state index in [1.54, 1.807) is 0 Å². The summed E-state index contributed by atoms with van der Waals surface area (Å²) >= 11 is 5.78. The number of halogens is 6. The summed E-state index contributed by atoms with van der Waals surface area (Å²) in [7, 11) is 0. The van der Waals surface area contributed by atoms with Crippen molar-refractivity contribution in [1.82, 2.24) is 5.32 Å². The van der Waals surface area contributed by atoms with Crippen LogP contribution in [-0.2, 0) is 20.5 Å². The third kappa shape index (κ3) is 4.51. The molecule has 0 spiro atoms. The van der Waals surface area contributed by atoms with E-state index in [-0.39, 0.29) is 0 Å². The van der Waals surface area contributed by atoms with E-state index in [9.17, 15) is 42.2 Å². The van der Waals surface area contributed by atoms with Gasteiger partial charge in [-0.2, -0.15) is 13.2 Å². The van der Waals surface area contributed by atoms with Gasteiger partial charge in [-0.25, -0.2) is 13.6 Å². The molecule has 5 atom stereocenters. The topological polar surface area (TPSA) is 139 Å². The number of hydrogen-bond donors (Lipinski definition) is 4. The monoisotopic (exact) mass is 530 g/mol. The maximum absolute atomic E-state index is 15.3. The molecule has 8 nitrogen and oxygen atoms in total. The van der Waals surface area contributed by atoms with Gasteiger partial charge in [-0.1, -0.05) is 25.4 Å². The second kappa shape index (κ2) is 9.76. The van der Waals surface area contributed by atoms with Gasteiger partial charge in [0.05, 0.1) is 33.5 Å². The zero-order chi connectivity index (χ0) is 27.1. The third-order valence-corrected chi connectivity index (χ3v) is 7.14. The largest absolute Gasteiger partial charge is 0.481 e. The molecule has 1 amide bonds. The quantitative estimate of drug-likeness (QED) is 0.393. The van der Waals surface area contributed by atoms with Crippen molar-refractivity contribution in [3.8, 4) is 0 Å². The van der Waals surface area contributed by atoms with Gasteiger partial charge in [0, 0.05) is 11.5 Å². The first-order valence-electron chi connectivity index (χ1n) is 10.2. The number of carbonyl (C=O) groups excluding carboxylic acids is 1. The summed E-state index contributed by atoms with van der Waals surface area (Å²) < 4.78 is 76.7. The molecule has 0 aromatic heterocycles. The van der Waals surface area contributed by atoms with E-state index in [4.69, 9.17) is 22.1 Å². The van der Waals surface area contributed by atoms with Crippen LogP contribution < -0.4 is 11.1 Å². The van der Waals surface area contributed by atoms with Gasteiger partial charge in [0.2, 0.25) is 0 Å². The van der Waals surface area contributed by atoms with Gasteiger partial charge in [0.25, 0.3) is 0 Å². The van der Waals surface area contributed by atoms with Gasteiger partial charge in [-0.15, -0.1) is 0 Å². The van der Waals surface area contributed by atoms with Crippen molar-refractivity contribution in [2.45, 2.75) is 44.9 Å². The molecule has 2 rings (SSSR count). The van der Waals surface area contributed by atoms with Crippen LogP contribution in [0.4, 0.5) is 26.7 Å². The Hall–Kier alpha value is -2.67. The number of amides is 1. The minimum absolute atomic E-state index is 0.545. The molecule has 5 unspecified atom stereocenters. The minimum Gasteiger partial charge on any atom is -0.481 e. The molecular formula is C21H24ClF5N2O6. The molecular weight excluding hydrogens is 507 g/mol. The fraction of sp³-hybridized carbons (Fsp3) is 0.571. The van der Waals surface area contributed by atoms with E-state index in [1.165, 1.54) is 13.8 Å². The van der Waals surface area contributed by atoms with E-state index in [0.29, 0.717) is 12.1 Å². The number of hydrogen-bond acceptors (Lipinski definition) is 5. The molecule has 196 valence electrons. The maximum atomic E-state index is 15.3. The van der Waals surface area contributed by atoms with E-state index in [1.807, 2.05) is 0 Å². The van der Waals surface area contributed by atoms with Crippen LogP contribution in [0.2, 0.25) is 5.02 Å². The molecule has 1 aliphatic rings. The first kappa shape index (κ1) is 28.6. The van der Waals surface area contributed by atoms with Crippen molar-refractivity contribution in [3.63, 3.8) is 0 Å². The number of nitrogens with one attached hydrogen (secondary N) is 1. The van der Waals surface area contributed by atoms with Gasteiger partial charge in [0.1, 0.15) is 19.1 Å². The molecule has 1 saturated heterocycles. The summed E-state index contributed by atoms with van der Waals surface area (Å²) in [5.41, 5.74) is -3.39. The molecule has 0 bridgehead atoms. The molecule has 0 saturated carbocycles. The average molecular weight is 531 g/mol. The zero-order valence-electron chi connectivity index (χ0n) is 18.8. The van der Waals surface area contributed by atoms with Gasteiger partial charge in [-0.05, 0) is 25.0 Å². The second-order valence-corrected chi connectivity index (χ2v) is 9.19. The van der Waals surface area contributed by atoms with Crippen LogP contribution in [-0.4, -0.2) is 53.6 Å². The average Bonchev–Trinajstić information content (AvgIpc) is 2.72. The summed E-state index contributed by atoms with van der Waals surface area (Å²) in [5, 5.41) is 22.0. The lowest BCUT2D eigenvalue weighted by Gasteiger charge is -2.58. The summed E-state index contributed by atoms with van der Waals surface area (Å²) in [6, 6.07) is -2.35. The number of rotatable bonds is 7. The number of benzene rings is 1. The number of carboxylic acid groups (broad SMARTS) is 2. The van der Waals surface area contributed by atoms with Crippen molar-refractivity contribution in [2.75, 3.05) is 13.3 Å². The Balaban J connectivity index is 3.16. The predicted molar refractivity (Wildman–Crippen MR) is 112 cm³/mol. The molecule has 1 aliphatic heterocycles. The first-order chi connectivity index (χ1) is 16.0. The highest BCUT2D eigenvalue weighted by Gasteiger charge is 2.69. The van der Waals surface area contributed by atoms with Crippen LogP contribution in [0.1, 0.15) is 37.8 Å². The number of alkyl halides is 4. The lowest BCUT2D eigenvalue weighted by atomic mass is 9.48. The maximum Gasteiger partial charge on any atom is 0.418 e. The SMILES string of the molecule is CC(C)C1(C(=O)O)C(COC(N)=O)NC(CF)C(C)(C(=O)O)C1c1c(F)ccc(Cl)c1C(F)(F)F. The summed E-state index contributed by atoms with van der Waals surface area (Å²) in [6.45, 7) is 0.973. The Kier molecular flexibility index (Phi) is 7.97. The van der Waals surface area contributed by atoms with Gasteiger partial charge < -0.3 is 26.0 Å². The van der Waals surface area contributed by atoms with E-state index in [2.05, 4.69) is 5.32 Å². The molecule has 1 aromatic rings. The van der Waals surface area contributed by atoms with E-state index < -0.39 is 94.2 Å². The number of carboxylic acids is 2. The predicted octanol–water partition coefficient (Wildman–Crippen LogP) is 3.80. The molecule has 14 heteroatoms. The smallest absolute Gasteiger partial charge is 0.418 e. The van der Waals surface area contributed by atoms with Crippen LogP contribution in [0.3, 0.4) is 0 Å². The Morgan fingerprint density at radius 3 is 2.17 bits per heavy atom. The van der Waals surface area contributed by atoms with Crippen molar-refractivity contribution < 1.29 is 51.3 Å². The molecule has 35 heavy (non-hydrogen) atoms. The third-order valence-electron chi connectivity index (χ3n) is 6.83. The fourth-order valence-corrected chi connectivity index (χ4v) is 5.48. The molecule has 1 aromatic carbocycles. The van der Waals surface area contributed by atoms with Crippen LogP contribution in [0, 0.1) is 22.6 Å². The van der Waals surface area contributed by atoms with E-state index >= 15 is 4.39 Å². The molecule has 0 aliphatic carbocycles. The summed E-state index contributed by atoms with van der Waals surface area (Å²) in [5.74, 6) is -8.85. The molecule has 1 heterocycles. The van der Waals surface area contributed by atoms with Crippen molar-refractivity contribution in [1.29, 1.82) is 0 Å². The number of nitrogens with two attached hydrogens (primary N) is 1. The highest BCUT2D eigenvalue weighted by atomic mass is 35.5. The molecule has 5 N–H and O–H groups in total. The van der Waals surface area contributed by atoms with E-state index in [0.717, 1.165) is 6.92 Å². The standard InChI is InChI=1S/C21H24ClF5N2O6/c1-8(2)20(17(32)33)12(7-35-18(28)34)29-11(6-23)19(3,16(30)31)15(20)13-10(24)5-4-9(22)14(13)21(25,26)27/h4-5,8,11-12,15,29H,6-7H2,1-3H3,(H2,28,34)(H,30,31)(H,32,33). The zero-order valence-corrected chi connectivity index (χ0v) is 19.5. The van der Waals surface area contributed by atoms with Crippen LogP contribution in [0.25, 0.3) is 0 Å². The highest BCUT2D eigenvalue weighted by molar-refractivity contribution is 6.31. The van der Waals surface area contributed by atoms with Gasteiger partial charge in [-0.3, -0.25) is 9.59 Å². The minimum atomic E-state index is -5.34. The Morgan fingerprint density at radius 1 is 1.20 bits per heavy atom. The Morgan fingerprint density at radius 2 is 1.77 bits per heavy atom. The second-order valence-electron chi connectivity index (χ2n) is 8.79. The number of ether oxygens (including phenoxy) is 1. The number of primary amides is 1. The summed E-state index contributed by atoms with van der Waals surface area (Å²) in [4.78, 5) is 36.7. The van der Waals surface area contributed by atoms with Crippen LogP contribution in [0.15, 0.2) is 12.1 Å². The first-order valence-corrected chi connectivity index (χ1v) is 10.6. The summed E-state index contributed by atoms with van der Waals surface area (Å²) in [6.07, 6.45) is -6.72. The number of aliphatic carboxylic acids is 2. The lowest BCUT2D eigenvalue weighted by Crippen LogP contribution is -2.73. The Bertz CT molecular complexity index is 1020. The van der Waals surface area contributed by atoms with Crippen molar-refractivity contribution in [3.05, 3.63) is 34.1 Å². The fourth-order valence-electron chi connectivity index (χ4n) is 5.21. The number of piperidine rings is 1. The Labute approximate surface area is 201 Å². The van der Waals surface area contributed by atoms with Crippen molar-refractivity contribution in [2.24, 2.45) is 22.5 Å².